The van der Waals surface area contributed by atoms with E-state index in [1.165, 1.54) is 57.2 Å². The second kappa shape index (κ2) is 8.10. The summed E-state index contributed by atoms with van der Waals surface area (Å²) in [6, 6.07) is 8.32. The van der Waals surface area contributed by atoms with Gasteiger partial charge in [0, 0.05) is 25.1 Å². The minimum atomic E-state index is 0.307. The minimum absolute atomic E-state index is 0.307. The fourth-order valence-corrected chi connectivity index (χ4v) is 4.27. The molecule has 2 nitrogen and oxygen atoms in total. The van der Waals surface area contributed by atoms with Crippen LogP contribution in [-0.2, 0) is 6.42 Å². The van der Waals surface area contributed by atoms with Crippen molar-refractivity contribution < 1.29 is 4.79 Å². The molecule has 1 aliphatic heterocycles. The van der Waals surface area contributed by atoms with Gasteiger partial charge in [-0.3, -0.25) is 4.79 Å². The molecule has 1 saturated carbocycles. The Bertz CT molecular complexity index is 507. The Hall–Kier alpha value is -1.15. The molecule has 126 valence electrons. The number of rotatable bonds is 7. The lowest BCUT2D eigenvalue weighted by molar-refractivity contribution is 0.0960. The van der Waals surface area contributed by atoms with Crippen molar-refractivity contribution in [2.75, 3.05) is 19.6 Å². The van der Waals surface area contributed by atoms with Gasteiger partial charge in [0.05, 0.1) is 0 Å². The maximum absolute atomic E-state index is 12.4. The fraction of sp³-hybridized carbons (Fsp3) is 0.667. The zero-order valence-corrected chi connectivity index (χ0v) is 14.6. The standard InChI is InChI=1S/C21H31NO/c1-2-3-4-17-7-9-20(10-8-17)21(23)12-14-22-13-11-18-5-6-19(15-18)16-22/h7-10,18-19H,2-6,11-16H2,1H3/t18-,19-/m0/s1. The van der Waals surface area contributed by atoms with Crippen LogP contribution < -0.4 is 0 Å². The highest BCUT2D eigenvalue weighted by atomic mass is 16.1. The monoisotopic (exact) mass is 313 g/mol. The summed E-state index contributed by atoms with van der Waals surface area (Å²) in [5, 5.41) is 0. The van der Waals surface area contributed by atoms with Crippen LogP contribution in [0.1, 0.15) is 67.8 Å². The molecule has 0 aromatic heterocycles. The molecule has 23 heavy (non-hydrogen) atoms. The molecule has 2 heteroatoms. The molecule has 2 bridgehead atoms. The first-order valence-corrected chi connectivity index (χ1v) is 9.59. The molecule has 0 amide bonds. The highest BCUT2D eigenvalue weighted by Crippen LogP contribution is 2.36. The van der Waals surface area contributed by atoms with Gasteiger partial charge in [0.2, 0.25) is 0 Å². The van der Waals surface area contributed by atoms with Crippen molar-refractivity contribution in [2.24, 2.45) is 11.8 Å². The first kappa shape index (κ1) is 16.7. The van der Waals surface area contributed by atoms with Gasteiger partial charge in [-0.25, -0.2) is 0 Å². The Morgan fingerprint density at radius 1 is 1.13 bits per heavy atom. The number of unbranched alkanes of at least 4 members (excludes halogenated alkanes) is 1. The van der Waals surface area contributed by atoms with Gasteiger partial charge >= 0.3 is 0 Å². The van der Waals surface area contributed by atoms with Crippen molar-refractivity contribution in [3.8, 4) is 0 Å². The number of Topliss-reactive ketones (excluding diaryl/α,β-unsaturated/α-hetero) is 1. The van der Waals surface area contributed by atoms with E-state index in [9.17, 15) is 4.79 Å². The molecule has 1 aromatic carbocycles. The number of hydrogen-bond acceptors (Lipinski definition) is 2. The van der Waals surface area contributed by atoms with Gasteiger partial charge < -0.3 is 4.90 Å². The van der Waals surface area contributed by atoms with Crippen LogP contribution in [0.15, 0.2) is 24.3 Å². The first-order chi connectivity index (χ1) is 11.2. The van der Waals surface area contributed by atoms with Crippen LogP contribution in [0.25, 0.3) is 0 Å². The van der Waals surface area contributed by atoms with E-state index in [-0.39, 0.29) is 0 Å². The quantitative estimate of drug-likeness (QED) is 0.679. The second-order valence-electron chi connectivity index (χ2n) is 7.61. The molecule has 1 saturated heterocycles. The van der Waals surface area contributed by atoms with Gasteiger partial charge in [-0.05, 0) is 56.0 Å². The van der Waals surface area contributed by atoms with Crippen molar-refractivity contribution in [1.29, 1.82) is 0 Å². The SMILES string of the molecule is CCCCc1ccc(C(=O)CCN2CC[C@@H]3CC[C@@H](C3)C2)cc1. The van der Waals surface area contributed by atoms with Crippen LogP contribution >= 0.6 is 0 Å². The zero-order chi connectivity index (χ0) is 16.1. The lowest BCUT2D eigenvalue weighted by atomic mass is 10.0. The Kier molecular flexibility index (Phi) is 5.88. The van der Waals surface area contributed by atoms with E-state index < -0.39 is 0 Å². The van der Waals surface area contributed by atoms with E-state index in [0.29, 0.717) is 12.2 Å². The van der Waals surface area contributed by atoms with Crippen molar-refractivity contribution in [3.63, 3.8) is 0 Å². The van der Waals surface area contributed by atoms with E-state index in [1.807, 2.05) is 12.1 Å². The van der Waals surface area contributed by atoms with Gasteiger partial charge in [0.25, 0.3) is 0 Å². The number of fused-ring (bicyclic) bond motifs is 2. The number of hydrogen-bond donors (Lipinski definition) is 0. The predicted molar refractivity (Wildman–Crippen MR) is 95.9 cm³/mol. The van der Waals surface area contributed by atoms with Gasteiger partial charge in [-0.1, -0.05) is 44.0 Å². The van der Waals surface area contributed by atoms with Crippen LogP contribution in [0.5, 0.6) is 0 Å². The Balaban J connectivity index is 1.47. The number of benzene rings is 1. The predicted octanol–water partition coefficient (Wildman–Crippen LogP) is 4.72. The molecule has 1 heterocycles. The zero-order valence-electron chi connectivity index (χ0n) is 14.6. The molecule has 2 fully saturated rings. The molecular weight excluding hydrogens is 282 g/mol. The molecule has 0 spiro atoms. The third-order valence-electron chi connectivity index (χ3n) is 5.77. The molecule has 0 N–H and O–H groups in total. The smallest absolute Gasteiger partial charge is 0.164 e. The Labute approximate surface area is 141 Å². The van der Waals surface area contributed by atoms with Crippen molar-refractivity contribution >= 4 is 5.78 Å². The van der Waals surface area contributed by atoms with Crippen LogP contribution in [0.2, 0.25) is 0 Å². The average Bonchev–Trinajstić information content (AvgIpc) is 2.91. The molecule has 1 aliphatic carbocycles. The minimum Gasteiger partial charge on any atom is -0.303 e. The number of carbonyl (C=O) groups excluding carboxylic acids is 1. The fourth-order valence-electron chi connectivity index (χ4n) is 4.27. The van der Waals surface area contributed by atoms with Crippen molar-refractivity contribution in [3.05, 3.63) is 35.4 Å². The topological polar surface area (TPSA) is 20.3 Å². The van der Waals surface area contributed by atoms with Gasteiger partial charge in [-0.2, -0.15) is 0 Å². The molecule has 1 aromatic rings. The van der Waals surface area contributed by atoms with E-state index in [2.05, 4.69) is 24.0 Å². The normalized spacial score (nSPS) is 24.6. The molecule has 2 atom stereocenters. The molecule has 0 unspecified atom stereocenters. The maximum Gasteiger partial charge on any atom is 0.164 e. The Morgan fingerprint density at radius 3 is 2.70 bits per heavy atom. The third-order valence-corrected chi connectivity index (χ3v) is 5.77. The summed E-state index contributed by atoms with van der Waals surface area (Å²) in [4.78, 5) is 15.0. The summed E-state index contributed by atoms with van der Waals surface area (Å²) < 4.78 is 0. The van der Waals surface area contributed by atoms with E-state index in [4.69, 9.17) is 0 Å². The highest BCUT2D eigenvalue weighted by molar-refractivity contribution is 5.96. The number of ketones is 1. The van der Waals surface area contributed by atoms with Crippen LogP contribution in [0.4, 0.5) is 0 Å². The highest BCUT2D eigenvalue weighted by Gasteiger charge is 2.29. The molecule has 3 rings (SSSR count). The van der Waals surface area contributed by atoms with E-state index in [0.717, 1.165) is 30.4 Å². The molecule has 0 radical (unpaired) electrons. The van der Waals surface area contributed by atoms with Gasteiger partial charge in [-0.15, -0.1) is 0 Å². The third kappa shape index (κ3) is 4.67. The van der Waals surface area contributed by atoms with Crippen LogP contribution in [0.3, 0.4) is 0 Å². The van der Waals surface area contributed by atoms with Crippen molar-refractivity contribution in [1.82, 2.24) is 4.90 Å². The van der Waals surface area contributed by atoms with E-state index in [1.54, 1.807) is 0 Å². The van der Waals surface area contributed by atoms with Gasteiger partial charge in [0.15, 0.2) is 5.78 Å². The lowest BCUT2D eigenvalue weighted by Crippen LogP contribution is -2.31. The summed E-state index contributed by atoms with van der Waals surface area (Å²) in [6.45, 7) is 5.58. The lowest BCUT2D eigenvalue weighted by Gasteiger charge is -2.24. The second-order valence-corrected chi connectivity index (χ2v) is 7.61. The maximum atomic E-state index is 12.4. The van der Waals surface area contributed by atoms with E-state index >= 15 is 0 Å². The summed E-state index contributed by atoms with van der Waals surface area (Å²) in [5.74, 6) is 2.17. The summed E-state index contributed by atoms with van der Waals surface area (Å²) in [7, 11) is 0. The molecule has 2 aliphatic rings. The molecular formula is C21H31NO. The number of likely N-dealkylation sites (tertiary alicyclic amines) is 1. The number of aryl methyl sites for hydroxylation is 1. The number of nitrogens with zero attached hydrogens (tertiary/aromatic N) is 1. The Morgan fingerprint density at radius 2 is 1.91 bits per heavy atom. The largest absolute Gasteiger partial charge is 0.303 e. The summed E-state index contributed by atoms with van der Waals surface area (Å²) in [6.07, 6.45) is 9.88. The summed E-state index contributed by atoms with van der Waals surface area (Å²) in [5.41, 5.74) is 2.24. The van der Waals surface area contributed by atoms with Crippen LogP contribution in [0, 0.1) is 11.8 Å². The average molecular weight is 313 g/mol. The van der Waals surface area contributed by atoms with Gasteiger partial charge in [0.1, 0.15) is 0 Å². The first-order valence-electron chi connectivity index (χ1n) is 9.59. The summed E-state index contributed by atoms with van der Waals surface area (Å²) >= 11 is 0. The van der Waals surface area contributed by atoms with Crippen molar-refractivity contribution in [2.45, 2.75) is 58.3 Å². The van der Waals surface area contributed by atoms with Crippen LogP contribution in [-0.4, -0.2) is 30.3 Å². The number of carbonyl (C=O) groups is 1.